The van der Waals surface area contributed by atoms with E-state index in [0.29, 0.717) is 6.42 Å². The lowest BCUT2D eigenvalue weighted by Crippen LogP contribution is -2.07. The summed E-state index contributed by atoms with van der Waals surface area (Å²) in [6.45, 7) is 5.40. The van der Waals surface area contributed by atoms with Crippen LogP contribution in [0.15, 0.2) is 24.3 Å². The minimum absolute atomic E-state index is 0.474. The maximum Gasteiger partial charge on any atom is 0.310 e. The fourth-order valence-electron chi connectivity index (χ4n) is 1.47. The second-order valence-electron chi connectivity index (χ2n) is 4.19. The van der Waals surface area contributed by atoms with Gasteiger partial charge in [0.25, 0.3) is 0 Å². The van der Waals surface area contributed by atoms with Gasteiger partial charge < -0.3 is 5.11 Å². The van der Waals surface area contributed by atoms with E-state index in [2.05, 4.69) is 0 Å². The van der Waals surface area contributed by atoms with Crippen LogP contribution in [0.4, 0.5) is 0 Å². The van der Waals surface area contributed by atoms with Crippen molar-refractivity contribution in [3.05, 3.63) is 35.4 Å². The van der Waals surface area contributed by atoms with E-state index in [1.165, 1.54) is 0 Å². The molecule has 1 aromatic rings. The van der Waals surface area contributed by atoms with Gasteiger partial charge in [-0.05, 0) is 30.4 Å². The van der Waals surface area contributed by atoms with Gasteiger partial charge in [0.1, 0.15) is 0 Å². The van der Waals surface area contributed by atoms with Gasteiger partial charge in [-0.25, -0.2) is 0 Å². The molecule has 0 heterocycles. The molecule has 0 bridgehead atoms. The van der Waals surface area contributed by atoms with Crippen LogP contribution in [0.1, 0.15) is 39.2 Å². The van der Waals surface area contributed by atoms with Crippen molar-refractivity contribution < 1.29 is 11.3 Å². The minimum Gasteiger partial charge on any atom is -0.481 e. The molecule has 0 aliphatic carbocycles. The number of carboxylic acids is 1. The number of hydrogen-bond donors (Lipinski definition) is 1. The lowest BCUT2D eigenvalue weighted by molar-refractivity contribution is -0.138. The monoisotopic (exact) mass is 207 g/mol. The number of carbonyl (C=O) groups is 1. The molecule has 1 unspecified atom stereocenters. The molecule has 0 fully saturated rings. The highest BCUT2D eigenvalue weighted by atomic mass is 16.4. The molecule has 0 saturated carbocycles. The number of carboxylic acid groups (broad SMARTS) is 1. The molecule has 0 aromatic heterocycles. The van der Waals surface area contributed by atoms with Crippen LogP contribution in [0.2, 0.25) is 0 Å². The molecule has 0 saturated heterocycles. The van der Waals surface area contributed by atoms with E-state index in [0.717, 1.165) is 11.1 Å². The van der Waals surface area contributed by atoms with Crippen LogP contribution in [0.25, 0.3) is 0 Å². The summed E-state index contributed by atoms with van der Waals surface area (Å²) < 4.78 is 7.78. The summed E-state index contributed by atoms with van der Waals surface area (Å²) in [5.41, 5.74) is 1.88. The van der Waals surface area contributed by atoms with Gasteiger partial charge >= 0.3 is 5.97 Å². The fourth-order valence-corrected chi connectivity index (χ4v) is 1.47. The summed E-state index contributed by atoms with van der Waals surface area (Å²) >= 11 is 0. The lowest BCUT2D eigenvalue weighted by atomic mass is 9.97. The molecule has 1 rings (SSSR count). The quantitative estimate of drug-likeness (QED) is 0.823. The first kappa shape index (κ1) is 10.2. The van der Waals surface area contributed by atoms with Crippen LogP contribution in [0.5, 0.6) is 0 Å². The molecule has 2 nitrogen and oxygen atoms in total. The van der Waals surface area contributed by atoms with Gasteiger partial charge in [-0.2, -0.15) is 0 Å². The Labute approximate surface area is 92.3 Å². The van der Waals surface area contributed by atoms with Crippen molar-refractivity contribution in [3.63, 3.8) is 0 Å². The Morgan fingerprint density at radius 1 is 1.33 bits per heavy atom. The number of benzene rings is 1. The molecule has 1 N–H and O–H groups in total. The van der Waals surface area contributed by atoms with Crippen molar-refractivity contribution in [1.82, 2.24) is 0 Å². The van der Waals surface area contributed by atoms with E-state index in [1.54, 1.807) is 6.92 Å². The second kappa shape index (κ2) is 4.96. The third-order valence-corrected chi connectivity index (χ3v) is 2.41. The first-order chi connectivity index (χ1) is 7.29. The van der Waals surface area contributed by atoms with Gasteiger partial charge in [-0.1, -0.05) is 38.1 Å². The molecule has 0 aliphatic heterocycles. The summed E-state index contributed by atoms with van der Waals surface area (Å²) in [6, 6.07) is 7.48. The maximum absolute atomic E-state index is 10.8. The normalized spacial score (nSPS) is 14.5. The standard InChI is InChI=1S/C13H18O2/c1-9(2)8-11-4-6-12(7-5-11)10(3)13(14)15/h4-7,9-10H,8H2,1-3H3,(H,14,15)/i9D. The summed E-state index contributed by atoms with van der Waals surface area (Å²) in [5.74, 6) is -1.77. The second-order valence-corrected chi connectivity index (χ2v) is 4.19. The molecule has 0 spiro atoms. The van der Waals surface area contributed by atoms with Crippen molar-refractivity contribution in [3.8, 4) is 0 Å². The van der Waals surface area contributed by atoms with Crippen molar-refractivity contribution in [2.45, 2.75) is 33.1 Å². The Hall–Kier alpha value is -1.31. The smallest absolute Gasteiger partial charge is 0.310 e. The Bertz CT molecular complexity index is 363. The van der Waals surface area contributed by atoms with Gasteiger partial charge in [-0.15, -0.1) is 0 Å². The third-order valence-electron chi connectivity index (χ3n) is 2.41. The van der Waals surface area contributed by atoms with Crippen molar-refractivity contribution in [2.24, 2.45) is 5.89 Å². The highest BCUT2D eigenvalue weighted by Gasteiger charge is 2.12. The van der Waals surface area contributed by atoms with Crippen molar-refractivity contribution >= 4 is 5.97 Å². The van der Waals surface area contributed by atoms with Gasteiger partial charge in [0, 0.05) is 1.37 Å². The molecule has 1 atom stereocenters. The van der Waals surface area contributed by atoms with Crippen LogP contribution >= 0.6 is 0 Å². The maximum atomic E-state index is 10.8. The van der Waals surface area contributed by atoms with Crippen molar-refractivity contribution in [1.29, 1.82) is 0 Å². The molecule has 2 heteroatoms. The highest BCUT2D eigenvalue weighted by molar-refractivity contribution is 5.75. The Morgan fingerprint density at radius 2 is 1.87 bits per heavy atom. The zero-order valence-corrected chi connectivity index (χ0v) is 9.45. The molecule has 0 radical (unpaired) electrons. The molecular weight excluding hydrogens is 188 g/mol. The number of aliphatic carboxylic acids is 1. The average Bonchev–Trinajstić information content (AvgIpc) is 2.15. The molecule has 1 aromatic carbocycles. The largest absolute Gasteiger partial charge is 0.481 e. The molecule has 0 amide bonds. The van der Waals surface area contributed by atoms with E-state index >= 15 is 0 Å². The molecule has 82 valence electrons. The predicted molar refractivity (Wildman–Crippen MR) is 61.0 cm³/mol. The summed E-state index contributed by atoms with van der Waals surface area (Å²) in [5, 5.41) is 8.86. The first-order valence-electron chi connectivity index (χ1n) is 5.61. The Kier molecular flexibility index (Phi) is 3.38. The minimum atomic E-state index is -0.812. The van der Waals surface area contributed by atoms with Crippen LogP contribution in [0.3, 0.4) is 0 Å². The first-order valence-corrected chi connectivity index (χ1v) is 5.11. The van der Waals surface area contributed by atoms with Gasteiger partial charge in [0.2, 0.25) is 0 Å². The molecular formula is C13H18O2. The molecule has 0 aliphatic rings. The zero-order valence-electron chi connectivity index (χ0n) is 10.4. The van der Waals surface area contributed by atoms with Crippen LogP contribution in [-0.4, -0.2) is 11.1 Å². The Balaban J connectivity index is 2.79. The topological polar surface area (TPSA) is 37.3 Å². The summed E-state index contributed by atoms with van der Waals surface area (Å²) in [4.78, 5) is 10.8. The van der Waals surface area contributed by atoms with E-state index in [1.807, 2.05) is 38.1 Å². The van der Waals surface area contributed by atoms with Gasteiger partial charge in [-0.3, -0.25) is 4.79 Å². The fraction of sp³-hybridized carbons (Fsp3) is 0.462. The highest BCUT2D eigenvalue weighted by Crippen LogP contribution is 2.17. The van der Waals surface area contributed by atoms with Crippen LogP contribution in [0, 0.1) is 5.89 Å². The predicted octanol–water partition coefficient (Wildman–Crippen LogP) is 3.07. The van der Waals surface area contributed by atoms with E-state index in [4.69, 9.17) is 6.48 Å². The van der Waals surface area contributed by atoms with E-state index in [-0.39, 0.29) is 0 Å². The number of rotatable bonds is 4. The van der Waals surface area contributed by atoms with Gasteiger partial charge in [0.05, 0.1) is 5.92 Å². The van der Waals surface area contributed by atoms with Crippen molar-refractivity contribution in [2.75, 3.05) is 0 Å². The average molecular weight is 207 g/mol. The lowest BCUT2D eigenvalue weighted by Gasteiger charge is -2.09. The van der Waals surface area contributed by atoms with E-state index in [9.17, 15) is 4.79 Å². The van der Waals surface area contributed by atoms with E-state index < -0.39 is 17.8 Å². The van der Waals surface area contributed by atoms with Gasteiger partial charge in [0.15, 0.2) is 0 Å². The SMILES string of the molecule is [2H]C(C)(C)Cc1ccc(C(C)C(=O)O)cc1. The molecule has 15 heavy (non-hydrogen) atoms. The third kappa shape index (κ3) is 3.39. The van der Waals surface area contributed by atoms with Crippen LogP contribution < -0.4 is 0 Å². The summed E-state index contributed by atoms with van der Waals surface area (Å²) in [7, 11) is 0. The zero-order chi connectivity index (χ0) is 12.3. The van der Waals surface area contributed by atoms with Crippen LogP contribution in [-0.2, 0) is 11.2 Å². The number of hydrogen-bond acceptors (Lipinski definition) is 1. The summed E-state index contributed by atoms with van der Waals surface area (Å²) in [6.07, 6.45) is 0.675. The Morgan fingerprint density at radius 3 is 2.27 bits per heavy atom.